The standard InChI is InChI=1S/C24H20N4O4S/c29-23(27-18-10-11-21-20(14-18)24(30)26-15-25-21)17-6-3-8-19(13-17)33(31,32)28-12-4-7-16-5-1-2-9-22(16)28/h1-3,5-6,8-11,13-15H,4,7,12H2,(H,27,29)(H,25,26,30). The number of hydrogen-bond donors (Lipinski definition) is 2. The van der Waals surface area contributed by atoms with Gasteiger partial charge in [-0.15, -0.1) is 0 Å². The molecule has 2 N–H and O–H groups in total. The van der Waals surface area contributed by atoms with Crippen molar-refractivity contribution in [1.29, 1.82) is 0 Å². The predicted molar refractivity (Wildman–Crippen MR) is 126 cm³/mol. The lowest BCUT2D eigenvalue weighted by atomic mass is 10.0. The van der Waals surface area contributed by atoms with Crippen LogP contribution in [0.1, 0.15) is 22.3 Å². The van der Waals surface area contributed by atoms with Gasteiger partial charge >= 0.3 is 0 Å². The van der Waals surface area contributed by atoms with Gasteiger partial charge in [-0.2, -0.15) is 0 Å². The molecule has 0 saturated carbocycles. The summed E-state index contributed by atoms with van der Waals surface area (Å²) in [7, 11) is -3.84. The maximum Gasteiger partial charge on any atom is 0.264 e. The Kier molecular flexibility index (Phi) is 5.18. The van der Waals surface area contributed by atoms with Crippen LogP contribution >= 0.6 is 0 Å². The molecule has 0 saturated heterocycles. The Morgan fingerprint density at radius 1 is 1.03 bits per heavy atom. The molecule has 2 heterocycles. The number of aryl methyl sites for hydroxylation is 1. The lowest BCUT2D eigenvalue weighted by Gasteiger charge is -2.30. The number of aromatic amines is 1. The maximum absolute atomic E-state index is 13.4. The van der Waals surface area contributed by atoms with Gasteiger partial charge in [-0.3, -0.25) is 13.9 Å². The van der Waals surface area contributed by atoms with Crippen LogP contribution in [0.5, 0.6) is 0 Å². The highest BCUT2D eigenvalue weighted by Crippen LogP contribution is 2.32. The second-order valence-corrected chi connectivity index (χ2v) is 9.62. The minimum atomic E-state index is -3.84. The summed E-state index contributed by atoms with van der Waals surface area (Å²) in [5, 5.41) is 3.07. The smallest absolute Gasteiger partial charge is 0.264 e. The molecule has 8 nitrogen and oxygen atoms in total. The molecule has 1 amide bonds. The molecular weight excluding hydrogens is 440 g/mol. The number of rotatable bonds is 4. The number of anilines is 2. The van der Waals surface area contributed by atoms with E-state index >= 15 is 0 Å². The fourth-order valence-corrected chi connectivity index (χ4v) is 5.61. The van der Waals surface area contributed by atoms with E-state index in [9.17, 15) is 18.0 Å². The zero-order chi connectivity index (χ0) is 23.0. The summed E-state index contributed by atoms with van der Waals surface area (Å²) < 4.78 is 28.2. The molecule has 0 aliphatic carbocycles. The van der Waals surface area contributed by atoms with Crippen LogP contribution in [0.3, 0.4) is 0 Å². The predicted octanol–water partition coefficient (Wildman–Crippen LogP) is 3.32. The highest BCUT2D eigenvalue weighted by molar-refractivity contribution is 7.92. The minimum Gasteiger partial charge on any atom is -0.322 e. The third-order valence-electron chi connectivity index (χ3n) is 5.65. The first-order chi connectivity index (χ1) is 15.9. The molecule has 4 aromatic rings. The zero-order valence-corrected chi connectivity index (χ0v) is 18.3. The van der Waals surface area contributed by atoms with Crippen molar-refractivity contribution in [3.8, 4) is 0 Å². The average molecular weight is 461 g/mol. The second kappa shape index (κ2) is 8.18. The van der Waals surface area contributed by atoms with E-state index in [1.807, 2.05) is 18.2 Å². The van der Waals surface area contributed by atoms with Crippen molar-refractivity contribution in [3.63, 3.8) is 0 Å². The molecule has 0 atom stereocenters. The zero-order valence-electron chi connectivity index (χ0n) is 17.5. The van der Waals surface area contributed by atoms with Gasteiger partial charge in [0, 0.05) is 17.8 Å². The van der Waals surface area contributed by atoms with Crippen LogP contribution in [-0.4, -0.2) is 30.8 Å². The summed E-state index contributed by atoms with van der Waals surface area (Å²) in [6, 6.07) is 18.2. The van der Waals surface area contributed by atoms with Gasteiger partial charge in [0.15, 0.2) is 0 Å². The van der Waals surface area contributed by atoms with Gasteiger partial charge in [-0.05, 0) is 60.9 Å². The topological polar surface area (TPSA) is 112 Å². The Morgan fingerprint density at radius 3 is 2.76 bits per heavy atom. The number of benzene rings is 3. The first-order valence-corrected chi connectivity index (χ1v) is 11.9. The number of carbonyl (C=O) groups excluding carboxylic acids is 1. The first-order valence-electron chi connectivity index (χ1n) is 10.4. The monoisotopic (exact) mass is 460 g/mol. The highest BCUT2D eigenvalue weighted by Gasteiger charge is 2.29. The van der Waals surface area contributed by atoms with E-state index in [1.54, 1.807) is 30.3 Å². The molecule has 0 radical (unpaired) electrons. The molecule has 1 aliphatic heterocycles. The van der Waals surface area contributed by atoms with Crippen LogP contribution in [0, 0.1) is 0 Å². The van der Waals surface area contributed by atoms with Crippen molar-refractivity contribution in [1.82, 2.24) is 9.97 Å². The van der Waals surface area contributed by atoms with Gasteiger partial charge in [0.1, 0.15) is 0 Å². The molecule has 0 unspecified atom stereocenters. The number of sulfonamides is 1. The van der Waals surface area contributed by atoms with Crippen molar-refractivity contribution in [2.24, 2.45) is 0 Å². The van der Waals surface area contributed by atoms with Gasteiger partial charge in [0.25, 0.3) is 21.5 Å². The van der Waals surface area contributed by atoms with Crippen LogP contribution < -0.4 is 15.2 Å². The molecule has 9 heteroatoms. The second-order valence-electron chi connectivity index (χ2n) is 7.75. The quantitative estimate of drug-likeness (QED) is 0.485. The molecule has 1 aliphatic rings. The van der Waals surface area contributed by atoms with Gasteiger partial charge in [0.05, 0.1) is 27.8 Å². The molecule has 0 spiro atoms. The molecule has 0 fully saturated rings. The summed E-state index contributed by atoms with van der Waals surface area (Å²) in [5.41, 5.74) is 2.46. The Hall–Kier alpha value is -3.98. The molecule has 5 rings (SSSR count). The van der Waals surface area contributed by atoms with Crippen LogP contribution in [0.4, 0.5) is 11.4 Å². The van der Waals surface area contributed by atoms with E-state index in [0.29, 0.717) is 28.8 Å². The lowest BCUT2D eigenvalue weighted by molar-refractivity contribution is 0.102. The van der Waals surface area contributed by atoms with E-state index in [4.69, 9.17) is 0 Å². The molecule has 0 bridgehead atoms. The van der Waals surface area contributed by atoms with Crippen LogP contribution in [-0.2, 0) is 16.4 Å². The Bertz CT molecular complexity index is 1550. The first kappa shape index (κ1) is 20.9. The van der Waals surface area contributed by atoms with E-state index < -0.39 is 15.9 Å². The number of nitrogens with one attached hydrogen (secondary N) is 2. The van der Waals surface area contributed by atoms with Crippen molar-refractivity contribution < 1.29 is 13.2 Å². The Morgan fingerprint density at radius 2 is 1.88 bits per heavy atom. The van der Waals surface area contributed by atoms with Crippen molar-refractivity contribution in [2.75, 3.05) is 16.2 Å². The molecule has 33 heavy (non-hydrogen) atoms. The largest absolute Gasteiger partial charge is 0.322 e. The van der Waals surface area contributed by atoms with E-state index in [-0.39, 0.29) is 16.0 Å². The van der Waals surface area contributed by atoms with Crippen LogP contribution in [0.25, 0.3) is 10.9 Å². The van der Waals surface area contributed by atoms with E-state index in [2.05, 4.69) is 15.3 Å². The number of amides is 1. The molecule has 1 aromatic heterocycles. The summed E-state index contributed by atoms with van der Waals surface area (Å²) >= 11 is 0. The fraction of sp³-hybridized carbons (Fsp3) is 0.125. The van der Waals surface area contributed by atoms with Gasteiger partial charge in [-0.1, -0.05) is 24.3 Å². The minimum absolute atomic E-state index is 0.0472. The van der Waals surface area contributed by atoms with Crippen molar-refractivity contribution in [2.45, 2.75) is 17.7 Å². The van der Waals surface area contributed by atoms with Crippen LogP contribution in [0.2, 0.25) is 0 Å². The average Bonchev–Trinajstić information content (AvgIpc) is 2.84. The number of aromatic nitrogens is 2. The SMILES string of the molecule is O=C(Nc1ccc2nc[nH]c(=O)c2c1)c1cccc(S(=O)(=O)N2CCCc3ccccc32)c1. The molecule has 166 valence electrons. The Balaban J connectivity index is 1.44. The summed E-state index contributed by atoms with van der Waals surface area (Å²) in [5.74, 6) is -0.481. The number of hydrogen-bond acceptors (Lipinski definition) is 5. The van der Waals surface area contributed by atoms with Gasteiger partial charge in [-0.25, -0.2) is 13.4 Å². The summed E-state index contributed by atoms with van der Waals surface area (Å²) in [4.78, 5) is 31.5. The van der Waals surface area contributed by atoms with Crippen molar-refractivity contribution >= 4 is 38.2 Å². The summed E-state index contributed by atoms with van der Waals surface area (Å²) in [6.45, 7) is 0.384. The number of nitrogens with zero attached hydrogens (tertiary/aromatic N) is 2. The highest BCUT2D eigenvalue weighted by atomic mass is 32.2. The maximum atomic E-state index is 13.4. The lowest BCUT2D eigenvalue weighted by Crippen LogP contribution is -2.35. The van der Waals surface area contributed by atoms with E-state index in [1.165, 1.54) is 28.8 Å². The fourth-order valence-electron chi connectivity index (χ4n) is 4.02. The normalized spacial score (nSPS) is 13.5. The van der Waals surface area contributed by atoms with Gasteiger partial charge < -0.3 is 10.3 Å². The van der Waals surface area contributed by atoms with Crippen LogP contribution in [0.15, 0.2) is 82.7 Å². The van der Waals surface area contributed by atoms with E-state index in [0.717, 1.165) is 18.4 Å². The number of para-hydroxylation sites is 1. The third kappa shape index (κ3) is 3.87. The third-order valence-corrected chi connectivity index (χ3v) is 7.46. The number of H-pyrrole nitrogens is 1. The molecular formula is C24H20N4O4S. The number of fused-ring (bicyclic) bond motifs is 2. The summed E-state index contributed by atoms with van der Waals surface area (Å²) in [6.07, 6.45) is 2.87. The van der Waals surface area contributed by atoms with Crippen molar-refractivity contribution in [3.05, 3.63) is 94.5 Å². The Labute approximate surface area is 190 Å². The van der Waals surface area contributed by atoms with Gasteiger partial charge in [0.2, 0.25) is 0 Å². The number of carbonyl (C=O) groups is 1. The molecule has 3 aromatic carbocycles.